The molecule has 0 radical (unpaired) electrons. The number of esters is 1. The maximum Gasteiger partial charge on any atom is 0.339 e. The molecule has 1 saturated heterocycles. The lowest BCUT2D eigenvalue weighted by molar-refractivity contribution is 0.0195. The van der Waals surface area contributed by atoms with Gasteiger partial charge in [0.2, 0.25) is 0 Å². The minimum Gasteiger partial charge on any atom is -0.461 e. The van der Waals surface area contributed by atoms with Crippen LogP contribution in [-0.4, -0.2) is 50.3 Å². The van der Waals surface area contributed by atoms with E-state index < -0.39 is 5.97 Å². The zero-order valence-corrected chi connectivity index (χ0v) is 13.1. The Morgan fingerprint density at radius 1 is 1.30 bits per heavy atom. The lowest BCUT2D eigenvalue weighted by Crippen LogP contribution is -2.38. The van der Waals surface area contributed by atoms with E-state index in [1.165, 1.54) is 6.07 Å². The second-order valence-corrected chi connectivity index (χ2v) is 5.06. The third-order valence-electron chi connectivity index (χ3n) is 2.90. The van der Waals surface area contributed by atoms with Crippen molar-refractivity contribution in [1.82, 2.24) is 4.90 Å². The zero-order valence-electron chi connectivity index (χ0n) is 10.8. The lowest BCUT2D eigenvalue weighted by Gasteiger charge is -2.26. The van der Waals surface area contributed by atoms with Crippen LogP contribution in [0.15, 0.2) is 18.2 Å². The van der Waals surface area contributed by atoms with Crippen LogP contribution >= 0.6 is 35.6 Å². The van der Waals surface area contributed by atoms with E-state index in [2.05, 4.69) is 4.90 Å². The molecule has 1 aromatic rings. The molecule has 1 fully saturated rings. The number of ether oxygens (including phenoxy) is 2. The molecule has 2 rings (SSSR count). The highest BCUT2D eigenvalue weighted by Crippen LogP contribution is 2.21. The van der Waals surface area contributed by atoms with Crippen molar-refractivity contribution in [3.8, 4) is 0 Å². The highest BCUT2D eigenvalue weighted by Gasteiger charge is 2.14. The van der Waals surface area contributed by atoms with E-state index in [9.17, 15) is 4.79 Å². The van der Waals surface area contributed by atoms with Gasteiger partial charge in [-0.15, -0.1) is 12.4 Å². The van der Waals surface area contributed by atoms with E-state index in [1.54, 1.807) is 12.1 Å². The predicted molar refractivity (Wildman–Crippen MR) is 81.3 cm³/mol. The van der Waals surface area contributed by atoms with E-state index in [1.807, 2.05) is 0 Å². The fourth-order valence-electron chi connectivity index (χ4n) is 1.82. The smallest absolute Gasteiger partial charge is 0.339 e. The molecule has 1 heterocycles. The Balaban J connectivity index is 0.00000200. The molecule has 0 aromatic heterocycles. The molecule has 112 valence electrons. The Hall–Kier alpha value is -0.520. The third kappa shape index (κ3) is 5.11. The number of nitrogens with zero attached hydrogens (tertiary/aromatic N) is 1. The van der Waals surface area contributed by atoms with Crippen LogP contribution in [0.25, 0.3) is 0 Å². The fraction of sp³-hybridized carbons (Fsp3) is 0.462. The van der Waals surface area contributed by atoms with Crippen molar-refractivity contribution in [2.24, 2.45) is 0 Å². The van der Waals surface area contributed by atoms with Gasteiger partial charge in [0.25, 0.3) is 0 Å². The Morgan fingerprint density at radius 3 is 2.65 bits per heavy atom. The van der Waals surface area contributed by atoms with Gasteiger partial charge in [0, 0.05) is 24.7 Å². The summed E-state index contributed by atoms with van der Waals surface area (Å²) >= 11 is 11.7. The summed E-state index contributed by atoms with van der Waals surface area (Å²) in [4.78, 5) is 14.0. The molecular weight excluding hydrogens is 325 g/mol. The van der Waals surface area contributed by atoms with Crippen LogP contribution in [0.1, 0.15) is 10.4 Å². The van der Waals surface area contributed by atoms with E-state index in [0.29, 0.717) is 28.8 Å². The van der Waals surface area contributed by atoms with Gasteiger partial charge in [-0.1, -0.05) is 23.2 Å². The first-order valence-electron chi connectivity index (χ1n) is 6.09. The van der Waals surface area contributed by atoms with Gasteiger partial charge in [-0.2, -0.15) is 0 Å². The molecule has 0 spiro atoms. The number of carbonyl (C=O) groups is 1. The predicted octanol–water partition coefficient (Wildman–Crippen LogP) is 2.90. The SMILES string of the molecule is Cl.O=C(OCCN1CCOCC1)c1ccc(Cl)cc1Cl. The second-order valence-electron chi connectivity index (χ2n) is 4.21. The zero-order chi connectivity index (χ0) is 13.7. The summed E-state index contributed by atoms with van der Waals surface area (Å²) in [5.74, 6) is -0.421. The van der Waals surface area contributed by atoms with Crippen LogP contribution < -0.4 is 0 Å². The molecular formula is C13H16Cl3NO3. The summed E-state index contributed by atoms with van der Waals surface area (Å²) in [6.45, 7) is 4.27. The molecule has 0 unspecified atom stereocenters. The molecule has 4 nitrogen and oxygen atoms in total. The van der Waals surface area contributed by atoms with Gasteiger partial charge in [0.1, 0.15) is 6.61 Å². The van der Waals surface area contributed by atoms with Crippen molar-refractivity contribution in [2.75, 3.05) is 39.5 Å². The number of hydrogen-bond acceptors (Lipinski definition) is 4. The first kappa shape index (κ1) is 17.5. The Morgan fingerprint density at radius 2 is 2.00 bits per heavy atom. The number of rotatable bonds is 4. The molecule has 20 heavy (non-hydrogen) atoms. The van der Waals surface area contributed by atoms with Crippen molar-refractivity contribution >= 4 is 41.6 Å². The van der Waals surface area contributed by atoms with E-state index >= 15 is 0 Å². The number of carbonyl (C=O) groups excluding carboxylic acids is 1. The quantitative estimate of drug-likeness (QED) is 0.790. The number of halogens is 3. The van der Waals surface area contributed by atoms with Gasteiger partial charge in [-0.3, -0.25) is 4.90 Å². The molecule has 1 aliphatic rings. The van der Waals surface area contributed by atoms with Crippen molar-refractivity contribution in [3.05, 3.63) is 33.8 Å². The van der Waals surface area contributed by atoms with E-state index in [-0.39, 0.29) is 12.4 Å². The molecule has 0 N–H and O–H groups in total. The van der Waals surface area contributed by atoms with Gasteiger partial charge in [-0.05, 0) is 18.2 Å². The van der Waals surface area contributed by atoms with Crippen LogP contribution in [0.5, 0.6) is 0 Å². The number of benzene rings is 1. The topological polar surface area (TPSA) is 38.8 Å². The maximum absolute atomic E-state index is 11.8. The summed E-state index contributed by atoms with van der Waals surface area (Å²) in [6.07, 6.45) is 0. The third-order valence-corrected chi connectivity index (χ3v) is 3.44. The summed E-state index contributed by atoms with van der Waals surface area (Å²) in [6, 6.07) is 4.72. The Labute approximate surface area is 134 Å². The summed E-state index contributed by atoms with van der Waals surface area (Å²) in [5.41, 5.74) is 0.341. The molecule has 1 aromatic carbocycles. The van der Waals surface area contributed by atoms with Crippen LogP contribution in [0.2, 0.25) is 10.0 Å². The first-order chi connectivity index (χ1) is 9.16. The highest BCUT2D eigenvalue weighted by atomic mass is 35.5. The van der Waals surface area contributed by atoms with Crippen molar-refractivity contribution in [2.45, 2.75) is 0 Å². The molecule has 0 aliphatic carbocycles. The average Bonchev–Trinajstić information content (AvgIpc) is 2.39. The monoisotopic (exact) mass is 339 g/mol. The Bertz CT molecular complexity index is 450. The van der Waals surface area contributed by atoms with E-state index in [0.717, 1.165) is 26.3 Å². The van der Waals surface area contributed by atoms with Crippen LogP contribution in [0.4, 0.5) is 0 Å². The van der Waals surface area contributed by atoms with Crippen LogP contribution in [0.3, 0.4) is 0 Å². The molecule has 1 aliphatic heterocycles. The van der Waals surface area contributed by atoms with Crippen molar-refractivity contribution in [3.63, 3.8) is 0 Å². The second kappa shape index (κ2) is 8.70. The summed E-state index contributed by atoms with van der Waals surface area (Å²) < 4.78 is 10.4. The number of morpholine rings is 1. The largest absolute Gasteiger partial charge is 0.461 e. The summed E-state index contributed by atoms with van der Waals surface area (Å²) in [5, 5.41) is 0.804. The minimum absolute atomic E-state index is 0. The lowest BCUT2D eigenvalue weighted by atomic mass is 10.2. The van der Waals surface area contributed by atoms with Crippen LogP contribution in [0, 0.1) is 0 Å². The maximum atomic E-state index is 11.8. The Kier molecular flexibility index (Phi) is 7.62. The molecule has 0 bridgehead atoms. The van der Waals surface area contributed by atoms with Crippen molar-refractivity contribution < 1.29 is 14.3 Å². The average molecular weight is 341 g/mol. The van der Waals surface area contributed by atoms with Gasteiger partial charge in [0.15, 0.2) is 0 Å². The van der Waals surface area contributed by atoms with Gasteiger partial charge >= 0.3 is 5.97 Å². The van der Waals surface area contributed by atoms with Gasteiger partial charge in [0.05, 0.1) is 23.8 Å². The highest BCUT2D eigenvalue weighted by molar-refractivity contribution is 6.36. The normalized spacial score (nSPS) is 15.5. The first-order valence-corrected chi connectivity index (χ1v) is 6.84. The van der Waals surface area contributed by atoms with Crippen LogP contribution in [-0.2, 0) is 9.47 Å². The minimum atomic E-state index is -0.421. The van der Waals surface area contributed by atoms with E-state index in [4.69, 9.17) is 32.7 Å². The van der Waals surface area contributed by atoms with Gasteiger partial charge in [-0.25, -0.2) is 4.79 Å². The number of hydrogen-bond donors (Lipinski definition) is 0. The molecule has 0 atom stereocenters. The molecule has 0 amide bonds. The molecule has 7 heteroatoms. The summed E-state index contributed by atoms with van der Waals surface area (Å²) in [7, 11) is 0. The standard InChI is InChI=1S/C13H15Cl2NO3.ClH/c14-10-1-2-11(12(15)9-10)13(17)19-8-5-16-3-6-18-7-4-16;/h1-2,9H,3-8H2;1H. The fourth-order valence-corrected chi connectivity index (χ4v) is 2.31. The van der Waals surface area contributed by atoms with Gasteiger partial charge < -0.3 is 9.47 Å². The molecule has 0 saturated carbocycles. The van der Waals surface area contributed by atoms with Crippen molar-refractivity contribution in [1.29, 1.82) is 0 Å².